The molecule has 0 radical (unpaired) electrons. The Morgan fingerprint density at radius 1 is 0.808 bits per heavy atom. The van der Waals surface area contributed by atoms with E-state index in [1.807, 2.05) is 12.1 Å². The number of hydrogen-bond donors (Lipinski definition) is 0. The van der Waals surface area contributed by atoms with E-state index in [4.69, 9.17) is 39.3 Å². The van der Waals surface area contributed by atoms with Gasteiger partial charge in [0.25, 0.3) is 0 Å². The van der Waals surface area contributed by atoms with E-state index in [1.165, 1.54) is 6.26 Å². The molecule has 2 aromatic carbocycles. The first-order chi connectivity index (χ1) is 12.6. The lowest BCUT2D eigenvalue weighted by Gasteiger charge is -2.06. The highest BCUT2D eigenvalue weighted by Gasteiger charge is 2.17. The predicted molar refractivity (Wildman–Crippen MR) is 103 cm³/mol. The molecule has 128 valence electrons. The molecule has 0 amide bonds. The van der Waals surface area contributed by atoms with Crippen molar-refractivity contribution in [3.05, 3.63) is 76.1 Å². The fraction of sp³-hybridized carbons (Fsp3) is 0. The first-order valence-corrected chi connectivity index (χ1v) is 8.74. The van der Waals surface area contributed by atoms with E-state index in [-0.39, 0.29) is 0 Å². The van der Waals surface area contributed by atoms with Gasteiger partial charge in [-0.15, -0.1) is 0 Å². The first-order valence-electron chi connectivity index (χ1n) is 7.61. The molecule has 2 heterocycles. The monoisotopic (exact) mass is 401 g/mol. The quantitative estimate of drug-likeness (QED) is 0.396. The summed E-state index contributed by atoms with van der Waals surface area (Å²) in [4.78, 5) is 8.96. The highest BCUT2D eigenvalue weighted by molar-refractivity contribution is 6.36. The summed E-state index contributed by atoms with van der Waals surface area (Å²) >= 11 is 18.2. The van der Waals surface area contributed by atoms with E-state index in [0.29, 0.717) is 43.4 Å². The van der Waals surface area contributed by atoms with Gasteiger partial charge in [0.2, 0.25) is 0 Å². The molecule has 0 N–H and O–H groups in total. The summed E-state index contributed by atoms with van der Waals surface area (Å²) in [5.74, 6) is 0.577. The van der Waals surface area contributed by atoms with Crippen LogP contribution in [0.1, 0.15) is 0 Å². The number of nitrogens with zero attached hydrogens (tertiary/aromatic N) is 3. The minimum absolute atomic E-state index is 0.486. The largest absolute Gasteiger partial charge is 0.363 e. The Hall–Kier alpha value is -2.40. The lowest BCUT2D eigenvalue weighted by atomic mass is 10.1. The number of rotatable bonds is 3. The van der Waals surface area contributed by atoms with Gasteiger partial charge < -0.3 is 4.52 Å². The molecule has 0 bridgehead atoms. The molecule has 0 atom stereocenters. The summed E-state index contributed by atoms with van der Waals surface area (Å²) in [6.45, 7) is 0. The third-order valence-electron chi connectivity index (χ3n) is 3.79. The Morgan fingerprint density at radius 3 is 2.35 bits per heavy atom. The topological polar surface area (TPSA) is 51.8 Å². The van der Waals surface area contributed by atoms with E-state index >= 15 is 0 Å². The SMILES string of the molecule is Clc1ccc(-c2nccc(-c3conc3-c3ccc(Cl)cc3Cl)n2)cc1. The first kappa shape index (κ1) is 17.0. The minimum Gasteiger partial charge on any atom is -0.363 e. The molecule has 0 aliphatic heterocycles. The Bertz CT molecular complexity index is 1080. The molecule has 0 aliphatic rings. The molecule has 0 saturated heterocycles. The highest BCUT2D eigenvalue weighted by atomic mass is 35.5. The van der Waals surface area contributed by atoms with Crippen LogP contribution in [0.3, 0.4) is 0 Å². The fourth-order valence-electron chi connectivity index (χ4n) is 2.54. The Kier molecular flexibility index (Phi) is 4.64. The zero-order valence-corrected chi connectivity index (χ0v) is 15.4. The number of aromatic nitrogens is 3. The molecule has 0 spiro atoms. The van der Waals surface area contributed by atoms with E-state index in [2.05, 4.69) is 15.1 Å². The van der Waals surface area contributed by atoms with Crippen molar-refractivity contribution in [2.24, 2.45) is 0 Å². The second kappa shape index (κ2) is 7.08. The van der Waals surface area contributed by atoms with Crippen LogP contribution in [0.5, 0.6) is 0 Å². The van der Waals surface area contributed by atoms with Gasteiger partial charge in [-0.05, 0) is 48.5 Å². The van der Waals surface area contributed by atoms with Crippen LogP contribution in [0.25, 0.3) is 33.9 Å². The van der Waals surface area contributed by atoms with Crippen molar-refractivity contribution < 1.29 is 4.52 Å². The third kappa shape index (κ3) is 3.31. The molecule has 0 aliphatic carbocycles. The van der Waals surface area contributed by atoms with Crippen LogP contribution >= 0.6 is 34.8 Å². The van der Waals surface area contributed by atoms with Gasteiger partial charge in [0.15, 0.2) is 5.82 Å². The summed E-state index contributed by atoms with van der Waals surface area (Å²) in [7, 11) is 0. The molecule has 4 nitrogen and oxygen atoms in total. The predicted octanol–water partition coefficient (Wildman–Crippen LogP) is 6.43. The second-order valence-corrected chi connectivity index (χ2v) is 6.75. The van der Waals surface area contributed by atoms with Gasteiger partial charge in [-0.25, -0.2) is 9.97 Å². The Morgan fingerprint density at radius 2 is 1.58 bits per heavy atom. The van der Waals surface area contributed by atoms with Gasteiger partial charge >= 0.3 is 0 Å². The summed E-state index contributed by atoms with van der Waals surface area (Å²) in [5.41, 5.74) is 3.55. The molecule has 26 heavy (non-hydrogen) atoms. The summed E-state index contributed by atoms with van der Waals surface area (Å²) in [5, 5.41) is 5.78. The summed E-state index contributed by atoms with van der Waals surface area (Å²) < 4.78 is 5.18. The van der Waals surface area contributed by atoms with Crippen molar-refractivity contribution >= 4 is 34.8 Å². The fourth-order valence-corrected chi connectivity index (χ4v) is 3.16. The minimum atomic E-state index is 0.486. The van der Waals surface area contributed by atoms with Crippen LogP contribution in [-0.2, 0) is 0 Å². The molecule has 4 rings (SSSR count). The summed E-state index contributed by atoms with van der Waals surface area (Å²) in [6.07, 6.45) is 3.22. The zero-order chi connectivity index (χ0) is 18.1. The van der Waals surface area contributed by atoms with Crippen molar-refractivity contribution in [2.45, 2.75) is 0 Å². The molecule has 7 heteroatoms. The molecule has 0 unspecified atom stereocenters. The third-order valence-corrected chi connectivity index (χ3v) is 4.59. The molecular formula is C19H10Cl3N3O. The van der Waals surface area contributed by atoms with Crippen LogP contribution < -0.4 is 0 Å². The van der Waals surface area contributed by atoms with Gasteiger partial charge in [-0.1, -0.05) is 40.0 Å². The Labute approximate surface area is 164 Å². The lowest BCUT2D eigenvalue weighted by molar-refractivity contribution is 0.422. The van der Waals surface area contributed by atoms with Crippen LogP contribution in [0.15, 0.2) is 65.5 Å². The van der Waals surface area contributed by atoms with Crippen LogP contribution in [0.2, 0.25) is 15.1 Å². The van der Waals surface area contributed by atoms with Crippen LogP contribution in [0.4, 0.5) is 0 Å². The van der Waals surface area contributed by atoms with Crippen molar-refractivity contribution in [1.82, 2.24) is 15.1 Å². The van der Waals surface area contributed by atoms with E-state index in [9.17, 15) is 0 Å². The van der Waals surface area contributed by atoms with Crippen molar-refractivity contribution in [2.75, 3.05) is 0 Å². The number of benzene rings is 2. The molecule has 4 aromatic rings. The summed E-state index contributed by atoms with van der Waals surface area (Å²) in [6, 6.07) is 14.3. The Balaban J connectivity index is 1.79. The lowest BCUT2D eigenvalue weighted by Crippen LogP contribution is -1.92. The van der Waals surface area contributed by atoms with E-state index in [1.54, 1.807) is 42.6 Å². The number of halogens is 3. The van der Waals surface area contributed by atoms with Gasteiger partial charge in [-0.2, -0.15) is 0 Å². The van der Waals surface area contributed by atoms with Gasteiger partial charge in [0.1, 0.15) is 12.0 Å². The van der Waals surface area contributed by atoms with Crippen molar-refractivity contribution in [1.29, 1.82) is 0 Å². The smallest absolute Gasteiger partial charge is 0.159 e. The van der Waals surface area contributed by atoms with E-state index in [0.717, 1.165) is 5.56 Å². The second-order valence-electron chi connectivity index (χ2n) is 5.47. The average Bonchev–Trinajstić information content (AvgIpc) is 3.12. The molecule has 2 aromatic heterocycles. The molecule has 0 saturated carbocycles. The maximum absolute atomic E-state index is 6.31. The van der Waals surface area contributed by atoms with E-state index < -0.39 is 0 Å². The maximum Gasteiger partial charge on any atom is 0.159 e. The maximum atomic E-state index is 6.31. The highest BCUT2D eigenvalue weighted by Crippen LogP contribution is 2.35. The standard InChI is InChI=1S/C19H10Cl3N3O/c20-12-3-1-11(2-4-12)19-23-8-7-17(24-19)15-10-26-25-18(15)14-6-5-13(21)9-16(14)22/h1-10H. The van der Waals surface area contributed by atoms with Gasteiger partial charge in [0, 0.05) is 27.4 Å². The number of hydrogen-bond acceptors (Lipinski definition) is 4. The zero-order valence-electron chi connectivity index (χ0n) is 13.2. The van der Waals surface area contributed by atoms with Gasteiger partial charge in [0.05, 0.1) is 16.3 Å². The van der Waals surface area contributed by atoms with Crippen molar-refractivity contribution in [3.63, 3.8) is 0 Å². The average molecular weight is 403 g/mol. The molecule has 0 fully saturated rings. The normalized spacial score (nSPS) is 10.9. The van der Waals surface area contributed by atoms with Crippen LogP contribution in [0, 0.1) is 0 Å². The van der Waals surface area contributed by atoms with Crippen LogP contribution in [-0.4, -0.2) is 15.1 Å². The van der Waals surface area contributed by atoms with Gasteiger partial charge in [-0.3, -0.25) is 0 Å². The molecular weight excluding hydrogens is 393 g/mol. The van der Waals surface area contributed by atoms with Crippen molar-refractivity contribution in [3.8, 4) is 33.9 Å².